The highest BCUT2D eigenvalue weighted by atomic mass is 16.6. The van der Waals surface area contributed by atoms with E-state index < -0.39 is 23.4 Å². The van der Waals surface area contributed by atoms with Crippen LogP contribution >= 0.6 is 0 Å². The van der Waals surface area contributed by atoms with Crippen LogP contribution in [0.15, 0.2) is 42.7 Å². The number of nitro benzene ring substituents is 1. The lowest BCUT2D eigenvalue weighted by atomic mass is 10.2. The van der Waals surface area contributed by atoms with E-state index in [2.05, 4.69) is 10.3 Å². The fraction of sp³-hybridized carbons (Fsp3) is 0.167. The third kappa shape index (κ3) is 4.09. The zero-order valence-electron chi connectivity index (χ0n) is 14.6. The molecule has 0 saturated heterocycles. The van der Waals surface area contributed by atoms with Crippen LogP contribution in [0.5, 0.6) is 0 Å². The molecule has 0 saturated carbocycles. The molecular weight excluding hydrogens is 352 g/mol. The van der Waals surface area contributed by atoms with E-state index in [0.29, 0.717) is 16.9 Å². The number of hydrogen-bond donors (Lipinski definition) is 1. The summed E-state index contributed by atoms with van der Waals surface area (Å²) in [7, 11) is 0. The van der Waals surface area contributed by atoms with Crippen LogP contribution in [0.1, 0.15) is 21.6 Å². The molecule has 9 heteroatoms. The molecule has 0 unspecified atom stereocenters. The number of hydrogen-bond acceptors (Lipinski definition) is 6. The van der Waals surface area contributed by atoms with Crippen molar-refractivity contribution in [2.45, 2.75) is 13.8 Å². The standard InChI is InChI=1S/C18H16N4O5/c1-11-5-6-21-9-15(19-16(21)7-11)18(24)27-10-17(23)20-14-4-3-13(22(25)26)8-12(14)2/h3-9H,10H2,1-2H3,(H,20,23). The van der Waals surface area contributed by atoms with Crippen molar-refractivity contribution in [3.8, 4) is 0 Å². The van der Waals surface area contributed by atoms with E-state index >= 15 is 0 Å². The van der Waals surface area contributed by atoms with Crippen molar-refractivity contribution in [2.24, 2.45) is 0 Å². The Bertz CT molecular complexity index is 1060. The molecule has 0 aliphatic heterocycles. The number of fused-ring (bicyclic) bond motifs is 1. The SMILES string of the molecule is Cc1ccn2cc(C(=O)OCC(=O)Nc3ccc([N+](=O)[O-])cc3C)nc2c1. The fourth-order valence-electron chi connectivity index (χ4n) is 2.48. The Balaban J connectivity index is 1.61. The number of nitrogens with one attached hydrogen (secondary N) is 1. The van der Waals surface area contributed by atoms with Crippen LogP contribution in [0, 0.1) is 24.0 Å². The Labute approximate surface area is 153 Å². The Kier molecular flexibility index (Phi) is 4.84. The minimum atomic E-state index is -0.716. The van der Waals surface area contributed by atoms with Crippen LogP contribution in [-0.2, 0) is 9.53 Å². The molecule has 9 nitrogen and oxygen atoms in total. The normalized spacial score (nSPS) is 10.6. The highest BCUT2D eigenvalue weighted by molar-refractivity contribution is 5.95. The number of carbonyl (C=O) groups is 2. The van der Waals surface area contributed by atoms with Crippen molar-refractivity contribution in [1.29, 1.82) is 0 Å². The van der Waals surface area contributed by atoms with Gasteiger partial charge in [0.25, 0.3) is 11.6 Å². The van der Waals surface area contributed by atoms with Gasteiger partial charge in [0, 0.05) is 30.2 Å². The molecule has 2 heterocycles. The van der Waals surface area contributed by atoms with Gasteiger partial charge in [-0.05, 0) is 43.2 Å². The molecule has 0 bridgehead atoms. The quantitative estimate of drug-likeness (QED) is 0.420. The number of nitrogens with zero attached hydrogens (tertiary/aromatic N) is 3. The lowest BCUT2D eigenvalue weighted by Crippen LogP contribution is -2.21. The van der Waals surface area contributed by atoms with Gasteiger partial charge in [-0.15, -0.1) is 0 Å². The van der Waals surface area contributed by atoms with Crippen LogP contribution in [0.25, 0.3) is 5.65 Å². The molecule has 1 amide bonds. The van der Waals surface area contributed by atoms with Crippen molar-refractivity contribution in [2.75, 3.05) is 11.9 Å². The summed E-state index contributed by atoms with van der Waals surface area (Å²) in [5.74, 6) is -1.27. The second kappa shape index (κ2) is 7.24. The largest absolute Gasteiger partial charge is 0.451 e. The average Bonchev–Trinajstić information content (AvgIpc) is 3.04. The van der Waals surface area contributed by atoms with Crippen molar-refractivity contribution in [1.82, 2.24) is 9.38 Å². The van der Waals surface area contributed by atoms with Gasteiger partial charge in [-0.2, -0.15) is 0 Å². The second-order valence-electron chi connectivity index (χ2n) is 5.98. The third-order valence-electron chi connectivity index (χ3n) is 3.85. The van der Waals surface area contributed by atoms with Crippen molar-refractivity contribution in [3.05, 3.63) is 69.7 Å². The first kappa shape index (κ1) is 18.1. The van der Waals surface area contributed by atoms with Crippen LogP contribution < -0.4 is 5.32 Å². The molecule has 27 heavy (non-hydrogen) atoms. The van der Waals surface area contributed by atoms with Crippen molar-refractivity contribution >= 4 is 28.9 Å². The molecule has 2 aromatic heterocycles. The van der Waals surface area contributed by atoms with Gasteiger partial charge in [0.05, 0.1) is 4.92 Å². The number of aryl methyl sites for hydroxylation is 2. The van der Waals surface area contributed by atoms with Crippen molar-refractivity contribution in [3.63, 3.8) is 0 Å². The van der Waals surface area contributed by atoms with Crippen LogP contribution in [0.4, 0.5) is 11.4 Å². The maximum atomic E-state index is 12.1. The topological polar surface area (TPSA) is 116 Å². The number of esters is 1. The zero-order valence-corrected chi connectivity index (χ0v) is 14.6. The molecule has 0 atom stereocenters. The predicted molar refractivity (Wildman–Crippen MR) is 96.7 cm³/mol. The molecule has 3 rings (SSSR count). The van der Waals surface area contributed by atoms with E-state index in [4.69, 9.17) is 4.74 Å². The van der Waals surface area contributed by atoms with Gasteiger partial charge in [0.15, 0.2) is 12.3 Å². The Morgan fingerprint density at radius 2 is 2.04 bits per heavy atom. The lowest BCUT2D eigenvalue weighted by Gasteiger charge is -2.08. The fourth-order valence-corrected chi connectivity index (χ4v) is 2.48. The number of amides is 1. The number of ether oxygens (including phenoxy) is 1. The molecule has 1 N–H and O–H groups in total. The lowest BCUT2D eigenvalue weighted by molar-refractivity contribution is -0.384. The van der Waals surface area contributed by atoms with Crippen LogP contribution in [0.2, 0.25) is 0 Å². The van der Waals surface area contributed by atoms with Gasteiger partial charge in [0.2, 0.25) is 0 Å². The number of nitro groups is 1. The van der Waals surface area contributed by atoms with E-state index in [1.807, 2.05) is 19.1 Å². The monoisotopic (exact) mass is 368 g/mol. The van der Waals surface area contributed by atoms with E-state index in [1.54, 1.807) is 17.5 Å². The summed E-state index contributed by atoms with van der Waals surface area (Å²) in [6.45, 7) is 3.05. The van der Waals surface area contributed by atoms with E-state index in [0.717, 1.165) is 5.56 Å². The Morgan fingerprint density at radius 3 is 2.74 bits per heavy atom. The summed E-state index contributed by atoms with van der Waals surface area (Å²) in [4.78, 5) is 38.5. The maximum Gasteiger partial charge on any atom is 0.359 e. The smallest absolute Gasteiger partial charge is 0.359 e. The number of pyridine rings is 1. The zero-order chi connectivity index (χ0) is 19.6. The van der Waals surface area contributed by atoms with Gasteiger partial charge < -0.3 is 14.5 Å². The molecule has 3 aromatic rings. The van der Waals surface area contributed by atoms with Crippen LogP contribution in [0.3, 0.4) is 0 Å². The Hall–Kier alpha value is -3.75. The molecule has 0 fully saturated rings. The van der Waals surface area contributed by atoms with E-state index in [-0.39, 0.29) is 11.4 Å². The summed E-state index contributed by atoms with van der Waals surface area (Å²) in [5.41, 5.74) is 2.57. The number of non-ortho nitro benzene ring substituents is 1. The van der Waals surface area contributed by atoms with E-state index in [1.165, 1.54) is 24.4 Å². The predicted octanol–water partition coefficient (Wildman–Crippen LogP) is 2.65. The average molecular weight is 368 g/mol. The summed E-state index contributed by atoms with van der Waals surface area (Å²) < 4.78 is 6.67. The van der Waals surface area contributed by atoms with Gasteiger partial charge in [-0.3, -0.25) is 14.9 Å². The highest BCUT2D eigenvalue weighted by Gasteiger charge is 2.15. The summed E-state index contributed by atoms with van der Waals surface area (Å²) in [6, 6.07) is 7.76. The number of carbonyl (C=O) groups excluding carboxylic acids is 2. The van der Waals surface area contributed by atoms with Gasteiger partial charge in [-0.25, -0.2) is 9.78 Å². The molecule has 0 spiro atoms. The minimum Gasteiger partial charge on any atom is -0.451 e. The summed E-state index contributed by atoms with van der Waals surface area (Å²) in [5, 5.41) is 13.3. The molecular formula is C18H16N4O5. The highest BCUT2D eigenvalue weighted by Crippen LogP contribution is 2.21. The number of aromatic nitrogens is 2. The molecule has 138 valence electrons. The molecule has 0 aliphatic carbocycles. The number of imidazole rings is 1. The van der Waals surface area contributed by atoms with Gasteiger partial charge >= 0.3 is 5.97 Å². The summed E-state index contributed by atoms with van der Waals surface area (Å²) >= 11 is 0. The Morgan fingerprint density at radius 1 is 1.26 bits per heavy atom. The first-order valence-corrected chi connectivity index (χ1v) is 8.01. The minimum absolute atomic E-state index is 0.0704. The third-order valence-corrected chi connectivity index (χ3v) is 3.85. The first-order valence-electron chi connectivity index (χ1n) is 8.01. The van der Waals surface area contributed by atoms with E-state index in [9.17, 15) is 19.7 Å². The van der Waals surface area contributed by atoms with Crippen molar-refractivity contribution < 1.29 is 19.2 Å². The maximum absolute atomic E-state index is 12.1. The van der Waals surface area contributed by atoms with Crippen LogP contribution in [-0.4, -0.2) is 32.8 Å². The molecule has 0 aliphatic rings. The molecule has 0 radical (unpaired) electrons. The number of rotatable bonds is 5. The van der Waals surface area contributed by atoms with Gasteiger partial charge in [-0.1, -0.05) is 0 Å². The second-order valence-corrected chi connectivity index (χ2v) is 5.98. The van der Waals surface area contributed by atoms with Gasteiger partial charge in [0.1, 0.15) is 5.65 Å². The first-order chi connectivity index (χ1) is 12.8. The number of anilines is 1. The summed E-state index contributed by atoms with van der Waals surface area (Å²) in [6.07, 6.45) is 3.30. The molecule has 1 aromatic carbocycles. The number of benzene rings is 1.